The van der Waals surface area contributed by atoms with Crippen LogP contribution in [0.5, 0.6) is 0 Å². The zero-order chi connectivity index (χ0) is 33.0. The summed E-state index contributed by atoms with van der Waals surface area (Å²) in [5.41, 5.74) is 18.5. The Balaban J connectivity index is 1.59. The number of fused-ring (bicyclic) bond motifs is 2. The van der Waals surface area contributed by atoms with Gasteiger partial charge in [-0.3, -0.25) is 0 Å². The topological polar surface area (TPSA) is 0 Å². The Bertz CT molecular complexity index is 1690. The molecule has 0 saturated carbocycles. The van der Waals surface area contributed by atoms with E-state index in [2.05, 4.69) is 166 Å². The third kappa shape index (κ3) is 5.88. The van der Waals surface area contributed by atoms with E-state index in [1.807, 2.05) is 0 Å². The van der Waals surface area contributed by atoms with Crippen LogP contribution in [0, 0.1) is 10.8 Å². The van der Waals surface area contributed by atoms with Crippen molar-refractivity contribution in [2.45, 2.75) is 88.6 Å². The molecule has 0 aliphatic heterocycles. The van der Waals surface area contributed by atoms with E-state index in [0.717, 1.165) is 12.8 Å². The summed E-state index contributed by atoms with van der Waals surface area (Å²) in [7, 11) is 0. The normalized spacial score (nSPS) is 17.5. The molecule has 2 heteroatoms. The first-order valence-electron chi connectivity index (χ1n) is 17.6. The fourth-order valence-corrected chi connectivity index (χ4v) is 31.8. The summed E-state index contributed by atoms with van der Waals surface area (Å²) in [6, 6.07) is 32.8. The van der Waals surface area contributed by atoms with Crippen LogP contribution < -0.4 is 0 Å². The van der Waals surface area contributed by atoms with Crippen molar-refractivity contribution in [2.24, 2.45) is 10.8 Å². The Labute approximate surface area is 288 Å². The van der Waals surface area contributed by atoms with Gasteiger partial charge in [-0.15, -0.1) is 0 Å². The summed E-state index contributed by atoms with van der Waals surface area (Å²) in [5.74, 6) is -1.03. The van der Waals surface area contributed by atoms with Gasteiger partial charge in [0, 0.05) is 0 Å². The van der Waals surface area contributed by atoms with Crippen molar-refractivity contribution in [3.05, 3.63) is 129 Å². The quantitative estimate of drug-likeness (QED) is 0.168. The van der Waals surface area contributed by atoms with Gasteiger partial charge in [0.2, 0.25) is 0 Å². The van der Waals surface area contributed by atoms with E-state index in [0.29, 0.717) is 7.25 Å². The van der Waals surface area contributed by atoms with Gasteiger partial charge in [-0.1, -0.05) is 0 Å². The Morgan fingerprint density at radius 2 is 0.891 bits per heavy atom. The second kappa shape index (κ2) is 12.8. The predicted octanol–water partition coefficient (Wildman–Crippen LogP) is 12.4. The third-order valence-electron chi connectivity index (χ3n) is 10.6. The van der Waals surface area contributed by atoms with Crippen molar-refractivity contribution < 1.29 is 20.9 Å². The molecule has 2 unspecified atom stereocenters. The summed E-state index contributed by atoms with van der Waals surface area (Å²) >= 11 is -2.31. The molecule has 0 bridgehead atoms. The Morgan fingerprint density at radius 1 is 0.522 bits per heavy atom. The summed E-state index contributed by atoms with van der Waals surface area (Å²) < 4.78 is 1.21. The van der Waals surface area contributed by atoms with Gasteiger partial charge in [-0.25, -0.2) is 0 Å². The average molecular weight is 701 g/mol. The molecule has 2 aliphatic rings. The Kier molecular flexibility index (Phi) is 9.30. The van der Waals surface area contributed by atoms with Gasteiger partial charge in [0.25, 0.3) is 0 Å². The van der Waals surface area contributed by atoms with Crippen molar-refractivity contribution in [1.29, 1.82) is 0 Å². The standard InChI is InChI=1S/2C21H23.C2H7Si.Zr/c2*1-5-15-9-6-7-11-18(15)19-12-8-10-16-13-17(14-20(16)19)21(2,3)4;1-3-2;/h2*6-14H,5H2,1-4H3;3H,1-2H3;. The number of hydrogen-bond donors (Lipinski definition) is 0. The molecule has 2 atom stereocenters. The molecule has 0 heterocycles. The fraction of sp³-hybridized carbons (Fsp3) is 0.364. The molecule has 0 N–H and O–H groups in total. The third-order valence-corrected chi connectivity index (χ3v) is 32.0. The molecule has 0 saturated heterocycles. The molecule has 2 aliphatic carbocycles. The van der Waals surface area contributed by atoms with Gasteiger partial charge < -0.3 is 0 Å². The predicted molar refractivity (Wildman–Crippen MR) is 202 cm³/mol. The molecule has 6 rings (SSSR count). The van der Waals surface area contributed by atoms with E-state index >= 15 is 0 Å². The van der Waals surface area contributed by atoms with Gasteiger partial charge in [-0.05, 0) is 0 Å². The molecule has 4 aromatic rings. The minimum absolute atomic E-state index is 0.120. The maximum atomic E-state index is 2.71. The minimum atomic E-state index is -2.31. The fourth-order valence-electron chi connectivity index (χ4n) is 8.31. The molecule has 0 nitrogen and oxygen atoms in total. The first-order chi connectivity index (χ1) is 21.9. The van der Waals surface area contributed by atoms with Gasteiger partial charge in [-0.2, -0.15) is 0 Å². The van der Waals surface area contributed by atoms with Crippen LogP contribution in [0.3, 0.4) is 0 Å². The SMILES string of the molecule is CCc1ccccc1-c1cccc2c1C=C(C(C)(C)C)[CH]2[Zr]([CH]1C(C(C)(C)C)=Cc2c(-c3ccccc3CC)cccc21)[SiH](C)C. The molecule has 237 valence electrons. The van der Waals surface area contributed by atoms with Crippen LogP contribution in [0.2, 0.25) is 13.1 Å². The molecule has 46 heavy (non-hydrogen) atoms. The van der Waals surface area contributed by atoms with Gasteiger partial charge >= 0.3 is 290 Å². The van der Waals surface area contributed by atoms with E-state index in [-0.39, 0.29) is 10.8 Å². The summed E-state index contributed by atoms with van der Waals surface area (Å²) in [6.07, 6.45) is 7.45. The maximum absolute atomic E-state index is 2.71. The number of rotatable bonds is 7. The number of aryl methyl sites for hydroxylation is 2. The molecular formula is C44H53SiZr. The second-order valence-electron chi connectivity index (χ2n) is 15.9. The van der Waals surface area contributed by atoms with Crippen molar-refractivity contribution in [3.63, 3.8) is 0 Å². The van der Waals surface area contributed by atoms with E-state index in [4.69, 9.17) is 0 Å². The number of benzene rings is 4. The summed E-state index contributed by atoms with van der Waals surface area (Å²) in [4.78, 5) is 0. The van der Waals surface area contributed by atoms with Crippen molar-refractivity contribution in [2.75, 3.05) is 0 Å². The van der Waals surface area contributed by atoms with E-state index < -0.39 is 26.8 Å². The monoisotopic (exact) mass is 699 g/mol. The van der Waals surface area contributed by atoms with Crippen molar-refractivity contribution >= 4 is 18.1 Å². The first-order valence-corrected chi connectivity index (χ1v) is 27.6. The molecule has 0 fully saturated rings. The van der Waals surface area contributed by atoms with Crippen LogP contribution in [0.4, 0.5) is 0 Å². The molecule has 0 aromatic heterocycles. The van der Waals surface area contributed by atoms with Crippen LogP contribution in [-0.2, 0) is 33.8 Å². The van der Waals surface area contributed by atoms with Crippen LogP contribution in [0.25, 0.3) is 34.4 Å². The average Bonchev–Trinajstić information content (AvgIpc) is 3.61. The summed E-state index contributed by atoms with van der Waals surface area (Å²) in [5, 5.41) is 0. The molecular weight excluding hydrogens is 648 g/mol. The second-order valence-corrected chi connectivity index (χ2v) is 35.9. The van der Waals surface area contributed by atoms with Gasteiger partial charge in [0.05, 0.1) is 0 Å². The zero-order valence-electron chi connectivity index (χ0n) is 29.9. The number of hydrogen-bond acceptors (Lipinski definition) is 0. The van der Waals surface area contributed by atoms with Gasteiger partial charge in [0.1, 0.15) is 0 Å². The van der Waals surface area contributed by atoms with E-state index in [1.165, 1.54) is 44.5 Å². The van der Waals surface area contributed by atoms with E-state index in [1.54, 1.807) is 22.3 Å². The van der Waals surface area contributed by atoms with E-state index in [9.17, 15) is 0 Å². The van der Waals surface area contributed by atoms with Crippen LogP contribution in [0.1, 0.15) is 96.0 Å². The van der Waals surface area contributed by atoms with Crippen LogP contribution >= 0.6 is 0 Å². The first kappa shape index (κ1) is 33.4. The summed E-state index contributed by atoms with van der Waals surface area (Å²) in [6.45, 7) is 24.9. The van der Waals surface area contributed by atoms with Crippen molar-refractivity contribution in [3.8, 4) is 22.3 Å². The molecule has 0 radical (unpaired) electrons. The molecule has 0 amide bonds. The Hall–Kier alpha value is -2.54. The number of allylic oxidation sites excluding steroid dienone is 2. The molecule has 4 aromatic carbocycles. The zero-order valence-corrected chi connectivity index (χ0v) is 33.5. The molecule has 0 spiro atoms. The Morgan fingerprint density at radius 3 is 1.24 bits per heavy atom. The van der Waals surface area contributed by atoms with Crippen LogP contribution in [0.15, 0.2) is 96.1 Å². The van der Waals surface area contributed by atoms with Crippen LogP contribution in [-0.4, -0.2) is 5.92 Å². The van der Waals surface area contributed by atoms with Gasteiger partial charge in [0.15, 0.2) is 0 Å². The van der Waals surface area contributed by atoms with Crippen molar-refractivity contribution in [1.82, 2.24) is 0 Å².